The molecule has 17 heavy (non-hydrogen) atoms. The first-order valence-corrected chi connectivity index (χ1v) is 5.86. The summed E-state index contributed by atoms with van der Waals surface area (Å²) in [5, 5.41) is 9.93. The summed E-state index contributed by atoms with van der Waals surface area (Å²) < 4.78 is 15.8. The lowest BCUT2D eigenvalue weighted by atomic mass is 10.1. The van der Waals surface area contributed by atoms with Gasteiger partial charge in [0.1, 0.15) is 25.4 Å². The van der Waals surface area contributed by atoms with Crippen LogP contribution in [0.25, 0.3) is 0 Å². The third kappa shape index (κ3) is 2.16. The molecule has 0 bridgehead atoms. The first-order valence-electron chi connectivity index (χ1n) is 5.86. The number of morpholine rings is 1. The molecule has 0 aliphatic carbocycles. The van der Waals surface area contributed by atoms with E-state index in [1.165, 1.54) is 4.90 Å². The molecule has 5 nitrogen and oxygen atoms in total. The number of nitrogens with one attached hydrogen (secondary N) is 1. The lowest BCUT2D eigenvalue weighted by molar-refractivity contribution is -0.921. The fourth-order valence-electron chi connectivity index (χ4n) is 2.22. The van der Waals surface area contributed by atoms with Crippen LogP contribution in [0.2, 0.25) is 0 Å². The molecule has 2 N–H and O–H groups in total. The second kappa shape index (κ2) is 4.43. The number of fused-ring (bicyclic) bond motifs is 1. The molecule has 2 aliphatic heterocycles. The van der Waals surface area contributed by atoms with Crippen molar-refractivity contribution in [1.29, 1.82) is 0 Å². The highest BCUT2D eigenvalue weighted by Crippen LogP contribution is 2.37. The number of quaternary nitrogens is 1. The topological polar surface area (TPSA) is 52.4 Å². The maximum absolute atomic E-state index is 9.93. The Bertz CT molecular complexity index is 415. The van der Waals surface area contributed by atoms with E-state index in [0.717, 1.165) is 44.2 Å². The van der Waals surface area contributed by atoms with Gasteiger partial charge < -0.3 is 24.2 Å². The van der Waals surface area contributed by atoms with Crippen molar-refractivity contribution in [2.24, 2.45) is 0 Å². The third-order valence-corrected chi connectivity index (χ3v) is 3.21. The van der Waals surface area contributed by atoms with E-state index in [1.54, 1.807) is 6.07 Å². The molecule has 1 aromatic carbocycles. The summed E-state index contributed by atoms with van der Waals surface area (Å²) in [6, 6.07) is 3.51. The molecule has 92 valence electrons. The van der Waals surface area contributed by atoms with E-state index in [4.69, 9.17) is 14.2 Å². The van der Waals surface area contributed by atoms with Crippen LogP contribution < -0.4 is 14.4 Å². The summed E-state index contributed by atoms with van der Waals surface area (Å²) in [4.78, 5) is 1.42. The minimum absolute atomic E-state index is 0.239. The Hall–Kier alpha value is -1.46. The van der Waals surface area contributed by atoms with E-state index >= 15 is 0 Å². The van der Waals surface area contributed by atoms with Crippen molar-refractivity contribution >= 4 is 0 Å². The van der Waals surface area contributed by atoms with Gasteiger partial charge in [-0.3, -0.25) is 0 Å². The zero-order chi connectivity index (χ0) is 11.7. The van der Waals surface area contributed by atoms with Crippen molar-refractivity contribution in [2.45, 2.75) is 6.54 Å². The normalized spacial score (nSPS) is 19.5. The van der Waals surface area contributed by atoms with Crippen LogP contribution in [0.1, 0.15) is 5.56 Å². The molecule has 1 fully saturated rings. The van der Waals surface area contributed by atoms with E-state index in [2.05, 4.69) is 0 Å². The zero-order valence-electron chi connectivity index (χ0n) is 9.57. The number of rotatable bonds is 2. The van der Waals surface area contributed by atoms with Crippen molar-refractivity contribution in [3.8, 4) is 17.2 Å². The summed E-state index contributed by atoms with van der Waals surface area (Å²) in [5.74, 6) is 1.64. The second-order valence-corrected chi connectivity index (χ2v) is 4.37. The van der Waals surface area contributed by atoms with Gasteiger partial charge in [0.25, 0.3) is 0 Å². The molecule has 0 radical (unpaired) electrons. The molecule has 2 aliphatic rings. The van der Waals surface area contributed by atoms with Gasteiger partial charge in [-0.05, 0) is 6.07 Å². The molecule has 1 saturated heterocycles. The molecule has 1 aromatic rings. The molecule has 2 heterocycles. The predicted molar refractivity (Wildman–Crippen MR) is 59.4 cm³/mol. The first-order chi connectivity index (χ1) is 8.33. The minimum Gasteiger partial charge on any atom is -0.507 e. The number of benzene rings is 1. The Balaban J connectivity index is 1.78. The summed E-state index contributed by atoms with van der Waals surface area (Å²) in [5.41, 5.74) is 0.908. The van der Waals surface area contributed by atoms with E-state index in [-0.39, 0.29) is 12.5 Å². The molecule has 3 rings (SSSR count). The maximum atomic E-state index is 9.93. The Morgan fingerprint density at radius 3 is 2.59 bits per heavy atom. The number of phenolic OH excluding ortho intramolecular Hbond substituents is 1. The Labute approximate surface area is 99.5 Å². The molecule has 5 heteroatoms. The van der Waals surface area contributed by atoms with Crippen molar-refractivity contribution in [3.63, 3.8) is 0 Å². The molecular formula is C12H16NO4+. The van der Waals surface area contributed by atoms with Gasteiger partial charge in [-0.2, -0.15) is 0 Å². The Morgan fingerprint density at radius 1 is 1.12 bits per heavy atom. The van der Waals surface area contributed by atoms with Crippen LogP contribution in [0, 0.1) is 0 Å². The predicted octanol–water partition coefficient (Wildman–Crippen LogP) is -0.464. The summed E-state index contributed by atoms with van der Waals surface area (Å²) >= 11 is 0. The molecule has 0 saturated carbocycles. The quantitative estimate of drug-likeness (QED) is 0.732. The van der Waals surface area contributed by atoms with Crippen LogP contribution in [-0.4, -0.2) is 38.2 Å². The Morgan fingerprint density at radius 2 is 1.82 bits per heavy atom. The molecule has 0 aromatic heterocycles. The number of hydrogen-bond acceptors (Lipinski definition) is 4. The van der Waals surface area contributed by atoms with Gasteiger partial charge in [0.15, 0.2) is 11.5 Å². The van der Waals surface area contributed by atoms with Crippen LogP contribution in [0.4, 0.5) is 0 Å². The third-order valence-electron chi connectivity index (χ3n) is 3.21. The zero-order valence-corrected chi connectivity index (χ0v) is 9.57. The summed E-state index contributed by atoms with van der Waals surface area (Å²) in [7, 11) is 0. The van der Waals surface area contributed by atoms with Crippen molar-refractivity contribution in [1.82, 2.24) is 0 Å². The highest BCUT2D eigenvalue weighted by molar-refractivity contribution is 5.50. The lowest BCUT2D eigenvalue weighted by Gasteiger charge is -2.24. The van der Waals surface area contributed by atoms with Crippen molar-refractivity contribution < 1.29 is 24.2 Å². The van der Waals surface area contributed by atoms with Gasteiger partial charge in [-0.15, -0.1) is 0 Å². The highest BCUT2D eigenvalue weighted by atomic mass is 16.7. The number of aromatic hydroxyl groups is 1. The van der Waals surface area contributed by atoms with Crippen LogP contribution in [0.5, 0.6) is 17.2 Å². The number of phenols is 1. The molecule has 0 amide bonds. The van der Waals surface area contributed by atoms with Gasteiger partial charge in [0.05, 0.1) is 18.8 Å². The molecule has 0 spiro atoms. The van der Waals surface area contributed by atoms with Gasteiger partial charge in [-0.1, -0.05) is 0 Å². The van der Waals surface area contributed by atoms with E-state index < -0.39 is 0 Å². The van der Waals surface area contributed by atoms with Crippen LogP contribution in [0.15, 0.2) is 12.1 Å². The number of ether oxygens (including phenoxy) is 3. The summed E-state index contributed by atoms with van der Waals surface area (Å²) in [6.45, 7) is 4.58. The van der Waals surface area contributed by atoms with Crippen molar-refractivity contribution in [3.05, 3.63) is 17.7 Å². The fraction of sp³-hybridized carbons (Fsp3) is 0.500. The highest BCUT2D eigenvalue weighted by Gasteiger charge is 2.21. The first kappa shape index (κ1) is 10.7. The maximum Gasteiger partial charge on any atom is 0.231 e. The molecule has 0 unspecified atom stereocenters. The van der Waals surface area contributed by atoms with Gasteiger partial charge in [-0.25, -0.2) is 0 Å². The van der Waals surface area contributed by atoms with Gasteiger partial charge in [0, 0.05) is 6.07 Å². The average molecular weight is 238 g/mol. The van der Waals surface area contributed by atoms with E-state index in [9.17, 15) is 5.11 Å². The standard InChI is InChI=1S/C12H15NO4/c14-10-6-12-11(16-8-17-12)5-9(10)7-13-1-3-15-4-2-13/h5-6,14H,1-4,7-8H2/p+1. The second-order valence-electron chi connectivity index (χ2n) is 4.37. The van der Waals surface area contributed by atoms with Crippen LogP contribution in [-0.2, 0) is 11.3 Å². The van der Waals surface area contributed by atoms with Crippen LogP contribution >= 0.6 is 0 Å². The van der Waals surface area contributed by atoms with Gasteiger partial charge >= 0.3 is 0 Å². The van der Waals surface area contributed by atoms with E-state index in [0.29, 0.717) is 5.75 Å². The smallest absolute Gasteiger partial charge is 0.231 e. The van der Waals surface area contributed by atoms with Crippen LogP contribution in [0.3, 0.4) is 0 Å². The fourth-order valence-corrected chi connectivity index (χ4v) is 2.22. The van der Waals surface area contributed by atoms with Crippen molar-refractivity contribution in [2.75, 3.05) is 33.1 Å². The molecular weight excluding hydrogens is 222 g/mol. The van der Waals surface area contributed by atoms with E-state index in [1.807, 2.05) is 6.07 Å². The average Bonchev–Trinajstić information content (AvgIpc) is 2.78. The minimum atomic E-state index is 0.239. The lowest BCUT2D eigenvalue weighted by Crippen LogP contribution is -3.12. The molecule has 0 atom stereocenters. The number of hydrogen-bond donors (Lipinski definition) is 2. The monoisotopic (exact) mass is 238 g/mol. The van der Waals surface area contributed by atoms with Gasteiger partial charge in [0.2, 0.25) is 6.79 Å². The summed E-state index contributed by atoms with van der Waals surface area (Å²) in [6.07, 6.45) is 0. The Kier molecular flexibility index (Phi) is 2.78. The largest absolute Gasteiger partial charge is 0.507 e. The SMILES string of the molecule is Oc1cc2c(cc1C[NH+]1CCOCC1)OCO2.